The molecule has 0 unspecified atom stereocenters. The van der Waals surface area contributed by atoms with Crippen LogP contribution in [0.3, 0.4) is 0 Å². The first kappa shape index (κ1) is 22.8. The van der Waals surface area contributed by atoms with Crippen LogP contribution in [0.25, 0.3) is 0 Å². The van der Waals surface area contributed by atoms with Gasteiger partial charge < -0.3 is 15.3 Å². The standard InChI is InChI=1S/H3N.Na.H2O3S2.H2O3S/c;;1-5(2,3)4;1-4(2)3/h1H3;;(H2,1,2,3,4);(H2,1,2,3)/q;+1;;/p-1. The van der Waals surface area contributed by atoms with Gasteiger partial charge in [-0.15, -0.1) is 11.4 Å². The SMILES string of the molecule is O=S(O)(O)=S.O=S([O-])[O-].[NH4+].[Na+]. The van der Waals surface area contributed by atoms with Crippen LogP contribution in [0.5, 0.6) is 0 Å². The Morgan fingerprint density at radius 3 is 1.36 bits per heavy atom. The van der Waals surface area contributed by atoms with Crippen molar-refractivity contribution in [3.8, 4) is 0 Å². The first-order valence-corrected chi connectivity index (χ1v) is 4.60. The van der Waals surface area contributed by atoms with Crippen molar-refractivity contribution in [3.05, 3.63) is 0 Å². The van der Waals surface area contributed by atoms with Gasteiger partial charge in [-0.25, -0.2) is 0 Å². The van der Waals surface area contributed by atoms with Crippen molar-refractivity contribution in [2.24, 2.45) is 0 Å². The van der Waals surface area contributed by atoms with Crippen LogP contribution in [-0.4, -0.2) is 26.6 Å². The summed E-state index contributed by atoms with van der Waals surface area (Å²) >= 11 is 0.354. The molecule has 0 radical (unpaired) electrons. The molecule has 0 bridgehead atoms. The van der Waals surface area contributed by atoms with Crippen LogP contribution in [0.2, 0.25) is 0 Å². The first-order valence-electron chi connectivity index (χ1n) is 1.20. The quantitative estimate of drug-likeness (QED) is 0.285. The van der Waals surface area contributed by atoms with Gasteiger partial charge in [0.1, 0.15) is 0 Å². The van der Waals surface area contributed by atoms with Crippen molar-refractivity contribution in [2.75, 3.05) is 0 Å². The van der Waals surface area contributed by atoms with Gasteiger partial charge in [0.15, 0.2) is 0 Å². The van der Waals surface area contributed by atoms with Gasteiger partial charge >= 0.3 is 29.6 Å². The predicted molar refractivity (Wildman–Crippen MR) is 36.4 cm³/mol. The van der Waals surface area contributed by atoms with Crippen molar-refractivity contribution in [1.82, 2.24) is 6.15 Å². The Kier molecular flexibility index (Phi) is 23.5. The minimum atomic E-state index is -3.83. The van der Waals surface area contributed by atoms with Gasteiger partial charge in [-0.1, -0.05) is 0 Å². The average molecular weight is 235 g/mol. The van der Waals surface area contributed by atoms with Crippen LogP contribution in [0.15, 0.2) is 0 Å². The monoisotopic (exact) mass is 235 g/mol. The Morgan fingerprint density at radius 2 is 1.36 bits per heavy atom. The summed E-state index contributed by atoms with van der Waals surface area (Å²) in [6.07, 6.45) is 0. The van der Waals surface area contributed by atoms with E-state index in [2.05, 4.69) is 11.2 Å². The minimum Gasteiger partial charge on any atom is -0.784 e. The second kappa shape index (κ2) is 11.3. The molecule has 0 amide bonds. The Morgan fingerprint density at radius 1 is 1.36 bits per heavy atom. The van der Waals surface area contributed by atoms with E-state index in [4.69, 9.17) is 26.6 Å². The van der Waals surface area contributed by atoms with Crippen molar-refractivity contribution >= 4 is 31.6 Å². The summed E-state index contributed by atoms with van der Waals surface area (Å²) in [7, 11) is -3.83. The predicted octanol–water partition coefficient (Wildman–Crippen LogP) is -3.95. The van der Waals surface area contributed by atoms with E-state index in [-0.39, 0.29) is 35.7 Å². The maximum Gasteiger partial charge on any atom is 1.00 e. The normalized spacial score (nSPS) is 8.45. The largest absolute Gasteiger partial charge is 1.00 e. The summed E-state index contributed by atoms with van der Waals surface area (Å²) in [5, 5.41) is 0. The number of hydrogen-bond acceptors (Lipinski definition) is 5. The molecule has 0 fully saturated rings. The van der Waals surface area contributed by atoms with Gasteiger partial charge in [0.05, 0.1) is 0 Å². The first-order chi connectivity index (χ1) is 3.73. The zero-order valence-corrected chi connectivity index (χ0v) is 10.2. The van der Waals surface area contributed by atoms with Crippen LogP contribution >= 0.6 is 0 Å². The van der Waals surface area contributed by atoms with Gasteiger partial charge in [0.2, 0.25) is 0 Å². The summed E-state index contributed by atoms with van der Waals surface area (Å²) in [4.78, 5) is 0. The Balaban J connectivity index is -0.0000000383. The third kappa shape index (κ3) is 564. The van der Waals surface area contributed by atoms with Gasteiger partial charge in [-0.3, -0.25) is 13.3 Å². The molecule has 0 aliphatic rings. The summed E-state index contributed by atoms with van der Waals surface area (Å²) in [6.45, 7) is 0. The fourth-order valence-corrected chi connectivity index (χ4v) is 0. The van der Waals surface area contributed by atoms with Crippen molar-refractivity contribution in [3.63, 3.8) is 0 Å². The van der Waals surface area contributed by atoms with E-state index in [1.807, 2.05) is 0 Å². The maximum atomic E-state index is 9.11. The Labute approximate surface area is 93.3 Å². The van der Waals surface area contributed by atoms with E-state index < -0.39 is 20.4 Å². The molecule has 7 nitrogen and oxygen atoms in total. The van der Waals surface area contributed by atoms with E-state index in [9.17, 15) is 0 Å². The third-order valence-corrected chi connectivity index (χ3v) is 0. The summed E-state index contributed by atoms with van der Waals surface area (Å²) in [5.41, 5.74) is 0. The van der Waals surface area contributed by atoms with Crippen molar-refractivity contribution < 1.29 is 56.2 Å². The fourth-order valence-electron chi connectivity index (χ4n) is 0. The zero-order valence-electron chi connectivity index (χ0n) is 5.75. The molecule has 0 saturated heterocycles. The molecular weight excluding hydrogens is 229 g/mol. The van der Waals surface area contributed by atoms with Crippen LogP contribution in [0, 0.1) is 0 Å². The van der Waals surface area contributed by atoms with Crippen LogP contribution in [0.4, 0.5) is 0 Å². The molecule has 0 aliphatic heterocycles. The molecule has 6 N–H and O–H groups in total. The molecule has 0 atom stereocenters. The van der Waals surface area contributed by atoms with Crippen LogP contribution in [0.1, 0.15) is 0 Å². The molecule has 0 heterocycles. The van der Waals surface area contributed by atoms with E-state index in [1.54, 1.807) is 0 Å². The van der Waals surface area contributed by atoms with Gasteiger partial charge in [0, 0.05) is 11.2 Å². The number of quaternary nitrogens is 1. The Bertz CT molecular complexity index is 160. The van der Waals surface area contributed by atoms with E-state index in [0.29, 0.717) is 0 Å². The van der Waals surface area contributed by atoms with Crippen molar-refractivity contribution in [2.45, 2.75) is 0 Å². The van der Waals surface area contributed by atoms with E-state index in [0.717, 1.165) is 0 Å². The molecule has 0 saturated carbocycles. The van der Waals surface area contributed by atoms with Crippen LogP contribution < -0.4 is 35.7 Å². The molecular formula is H6NNaO6S3. The molecule has 0 aromatic rings. The molecule has 0 aliphatic carbocycles. The third-order valence-electron chi connectivity index (χ3n) is 0. The molecule has 11 heavy (non-hydrogen) atoms. The zero-order chi connectivity index (χ0) is 8.08. The van der Waals surface area contributed by atoms with Crippen LogP contribution in [-0.2, 0) is 31.6 Å². The van der Waals surface area contributed by atoms with E-state index >= 15 is 0 Å². The van der Waals surface area contributed by atoms with Gasteiger partial charge in [0.25, 0.3) is 9.05 Å². The molecule has 0 aromatic heterocycles. The molecule has 11 heteroatoms. The van der Waals surface area contributed by atoms with E-state index in [1.165, 1.54) is 0 Å². The maximum absolute atomic E-state index is 9.11. The molecule has 0 aromatic carbocycles. The fraction of sp³-hybridized carbons (Fsp3) is 0. The Hall–Kier alpha value is 1.32. The smallest absolute Gasteiger partial charge is 0.784 e. The van der Waals surface area contributed by atoms with Gasteiger partial charge in [-0.05, 0) is 0 Å². The molecule has 0 spiro atoms. The van der Waals surface area contributed by atoms with Crippen molar-refractivity contribution in [1.29, 1.82) is 0 Å². The number of hydrogen-bond donors (Lipinski definition) is 3. The molecule has 66 valence electrons. The van der Waals surface area contributed by atoms with Gasteiger partial charge in [-0.2, -0.15) is 4.21 Å². The minimum absolute atomic E-state index is 0. The second-order valence-electron chi connectivity index (χ2n) is 0.652. The summed E-state index contributed by atoms with van der Waals surface area (Å²) in [5.74, 6) is 0. The summed E-state index contributed by atoms with van der Waals surface area (Å²) < 4.78 is 49.3. The average Bonchev–Trinajstić information content (AvgIpc) is 1.19. The summed E-state index contributed by atoms with van der Waals surface area (Å²) in [6, 6.07) is 0. The second-order valence-corrected chi connectivity index (χ2v) is 3.26. The molecule has 0 rings (SSSR count). The topological polar surface area (TPSA) is 157 Å². The number of rotatable bonds is 0.